The Morgan fingerprint density at radius 3 is 2.19 bits per heavy atom. The van der Waals surface area contributed by atoms with Gasteiger partial charge in [0.25, 0.3) is 0 Å². The third kappa shape index (κ3) is 3.50. The molecule has 1 aromatic carbocycles. The fraction of sp³-hybridized carbons (Fsp3) is 0.462. The molecule has 0 aliphatic heterocycles. The van der Waals surface area contributed by atoms with Crippen LogP contribution < -0.4 is 10.5 Å². The largest absolute Gasteiger partial charge is 0.337 e. The molecule has 0 saturated heterocycles. The van der Waals surface area contributed by atoms with E-state index < -0.39 is 45.0 Å². The topological polar surface area (TPSA) is 72.2 Å². The molecule has 0 saturated carbocycles. The highest BCUT2D eigenvalue weighted by Gasteiger charge is 2.55. The van der Waals surface area contributed by atoms with Crippen LogP contribution in [0.1, 0.15) is 26.3 Å². The van der Waals surface area contributed by atoms with Gasteiger partial charge in [0.1, 0.15) is 5.82 Å². The van der Waals surface area contributed by atoms with Gasteiger partial charge in [0.15, 0.2) is 11.9 Å². The Hall–Kier alpha value is -1.25. The molecule has 0 amide bonds. The van der Waals surface area contributed by atoms with Crippen molar-refractivity contribution in [2.45, 2.75) is 37.1 Å². The van der Waals surface area contributed by atoms with Gasteiger partial charge in [-0.15, -0.1) is 0 Å². The third-order valence-electron chi connectivity index (χ3n) is 2.78. The van der Waals surface area contributed by atoms with Crippen molar-refractivity contribution in [1.29, 1.82) is 0 Å². The molecule has 0 aromatic heterocycles. The Bertz CT molecular complexity index is 561. The van der Waals surface area contributed by atoms with E-state index in [1.165, 1.54) is 32.9 Å². The van der Waals surface area contributed by atoms with Crippen molar-refractivity contribution < 1.29 is 22.2 Å². The average Bonchev–Trinajstić information content (AvgIpc) is 2.37. The number of benzene rings is 1. The summed E-state index contributed by atoms with van der Waals surface area (Å²) in [7, 11) is -2.04. The van der Waals surface area contributed by atoms with Gasteiger partial charge < -0.3 is 5.73 Å². The molecule has 0 fully saturated rings. The van der Waals surface area contributed by atoms with E-state index in [0.29, 0.717) is 0 Å². The minimum atomic E-state index is -4.16. The van der Waals surface area contributed by atoms with Crippen LogP contribution >= 0.6 is 0 Å². The molecule has 21 heavy (non-hydrogen) atoms. The van der Waals surface area contributed by atoms with Crippen LogP contribution in [0.15, 0.2) is 24.3 Å². The highest BCUT2D eigenvalue weighted by molar-refractivity contribution is 7.84. The molecule has 0 aliphatic rings. The summed E-state index contributed by atoms with van der Waals surface area (Å²) in [4.78, 5) is 10.7. The van der Waals surface area contributed by atoms with Crippen LogP contribution in [0, 0.1) is 5.82 Å². The Labute approximate surface area is 123 Å². The number of hydrogen-bond acceptors (Lipinski definition) is 3. The SMILES string of the molecule is CC(C)(C)[S@@](=O)N[C@](N)(c1ccccc1F)C(F)(F)C=O. The molecule has 118 valence electrons. The van der Waals surface area contributed by atoms with E-state index in [0.717, 1.165) is 12.1 Å². The maximum Gasteiger partial charge on any atom is 0.337 e. The van der Waals surface area contributed by atoms with Gasteiger partial charge in [0.2, 0.25) is 0 Å². The number of alkyl halides is 2. The van der Waals surface area contributed by atoms with E-state index >= 15 is 0 Å². The molecule has 0 radical (unpaired) electrons. The van der Waals surface area contributed by atoms with Crippen molar-refractivity contribution >= 4 is 17.3 Å². The van der Waals surface area contributed by atoms with Crippen LogP contribution in [0.5, 0.6) is 0 Å². The Kier molecular flexibility index (Phi) is 4.97. The molecular formula is C13H17F3N2O2S. The lowest BCUT2D eigenvalue weighted by Crippen LogP contribution is -2.65. The van der Waals surface area contributed by atoms with Crippen LogP contribution in [0.25, 0.3) is 0 Å². The summed E-state index contributed by atoms with van der Waals surface area (Å²) in [5, 5.41) is 0. The van der Waals surface area contributed by atoms with Gasteiger partial charge in [-0.25, -0.2) is 13.3 Å². The van der Waals surface area contributed by atoms with Crippen LogP contribution in [-0.4, -0.2) is 21.2 Å². The number of rotatable bonds is 5. The van der Waals surface area contributed by atoms with Gasteiger partial charge in [0.05, 0.1) is 15.7 Å². The predicted octanol–water partition coefficient (Wildman–Crippen LogP) is 1.82. The van der Waals surface area contributed by atoms with Crippen LogP contribution in [0.3, 0.4) is 0 Å². The molecule has 0 spiro atoms. The van der Waals surface area contributed by atoms with Gasteiger partial charge >= 0.3 is 5.92 Å². The molecule has 0 bridgehead atoms. The zero-order valence-corrected chi connectivity index (χ0v) is 12.6. The van der Waals surface area contributed by atoms with Gasteiger partial charge in [-0.1, -0.05) is 18.2 Å². The van der Waals surface area contributed by atoms with E-state index in [1.807, 2.05) is 4.72 Å². The summed E-state index contributed by atoms with van der Waals surface area (Å²) in [5.41, 5.74) is 2.02. The smallest absolute Gasteiger partial charge is 0.303 e. The summed E-state index contributed by atoms with van der Waals surface area (Å²) in [5.74, 6) is -5.18. The zero-order valence-electron chi connectivity index (χ0n) is 11.8. The second-order valence-electron chi connectivity index (χ2n) is 5.51. The molecule has 4 nitrogen and oxygen atoms in total. The predicted molar refractivity (Wildman–Crippen MR) is 74.3 cm³/mol. The fourth-order valence-electron chi connectivity index (χ4n) is 1.48. The molecule has 3 N–H and O–H groups in total. The van der Waals surface area contributed by atoms with Crippen LogP contribution in [-0.2, 0) is 21.4 Å². The van der Waals surface area contributed by atoms with E-state index in [9.17, 15) is 22.2 Å². The van der Waals surface area contributed by atoms with E-state index in [4.69, 9.17) is 5.73 Å². The van der Waals surface area contributed by atoms with Gasteiger partial charge in [-0.05, 0) is 26.8 Å². The van der Waals surface area contributed by atoms with E-state index in [-0.39, 0.29) is 0 Å². The maximum absolute atomic E-state index is 14.0. The lowest BCUT2D eigenvalue weighted by Gasteiger charge is -2.36. The number of halogens is 3. The highest BCUT2D eigenvalue weighted by Crippen LogP contribution is 2.34. The molecule has 0 heterocycles. The molecule has 1 aromatic rings. The number of carbonyl (C=O) groups excluding carboxylic acids is 1. The van der Waals surface area contributed by atoms with Crippen molar-refractivity contribution in [2.75, 3.05) is 0 Å². The Morgan fingerprint density at radius 2 is 1.76 bits per heavy atom. The lowest BCUT2D eigenvalue weighted by molar-refractivity contribution is -0.142. The van der Waals surface area contributed by atoms with Crippen molar-refractivity contribution in [3.8, 4) is 0 Å². The van der Waals surface area contributed by atoms with Crippen molar-refractivity contribution in [2.24, 2.45) is 5.73 Å². The Balaban J connectivity index is 3.43. The van der Waals surface area contributed by atoms with Gasteiger partial charge in [-0.2, -0.15) is 8.78 Å². The summed E-state index contributed by atoms with van der Waals surface area (Å²) in [6.07, 6.45) is -0.688. The minimum absolute atomic E-state index is 0.639. The number of nitrogens with two attached hydrogens (primary N) is 1. The van der Waals surface area contributed by atoms with Gasteiger partial charge in [0, 0.05) is 5.56 Å². The molecule has 0 unspecified atom stereocenters. The Morgan fingerprint density at radius 1 is 1.24 bits per heavy atom. The first-order valence-electron chi connectivity index (χ1n) is 6.03. The van der Waals surface area contributed by atoms with Crippen molar-refractivity contribution in [3.63, 3.8) is 0 Å². The number of nitrogens with one attached hydrogen (secondary N) is 1. The average molecular weight is 322 g/mol. The minimum Gasteiger partial charge on any atom is -0.303 e. The number of carbonyl (C=O) groups is 1. The number of hydrogen-bond donors (Lipinski definition) is 2. The molecular weight excluding hydrogens is 305 g/mol. The van der Waals surface area contributed by atoms with Gasteiger partial charge in [-0.3, -0.25) is 4.79 Å². The first kappa shape index (κ1) is 17.8. The van der Waals surface area contributed by atoms with E-state index in [1.54, 1.807) is 0 Å². The first-order valence-corrected chi connectivity index (χ1v) is 7.18. The normalized spacial score (nSPS) is 17.1. The van der Waals surface area contributed by atoms with Crippen LogP contribution in [0.2, 0.25) is 0 Å². The third-order valence-corrected chi connectivity index (χ3v) is 4.40. The summed E-state index contributed by atoms with van der Waals surface area (Å²) >= 11 is 0. The standard InChI is InChI=1S/C13H17F3N2O2S/c1-11(2,3)21(20)18-13(17,12(15,16)8-19)9-6-4-5-7-10(9)14/h4-8,18H,17H2,1-3H3/t13-,21-/m1/s1. The quantitative estimate of drug-likeness (QED) is 0.642. The number of aldehydes is 1. The summed E-state index contributed by atoms with van der Waals surface area (Å²) in [6.45, 7) is 4.57. The molecule has 8 heteroatoms. The summed E-state index contributed by atoms with van der Waals surface area (Å²) < 4.78 is 54.9. The highest BCUT2D eigenvalue weighted by atomic mass is 32.2. The second kappa shape index (κ2) is 5.86. The van der Waals surface area contributed by atoms with Crippen molar-refractivity contribution in [1.82, 2.24) is 4.72 Å². The van der Waals surface area contributed by atoms with E-state index in [2.05, 4.69) is 0 Å². The van der Waals surface area contributed by atoms with Crippen molar-refractivity contribution in [3.05, 3.63) is 35.6 Å². The maximum atomic E-state index is 14.0. The molecule has 2 atom stereocenters. The monoisotopic (exact) mass is 322 g/mol. The zero-order chi connectivity index (χ0) is 16.5. The fourth-order valence-corrected chi connectivity index (χ4v) is 2.32. The lowest BCUT2D eigenvalue weighted by atomic mass is 9.94. The molecule has 1 rings (SSSR count). The summed E-state index contributed by atoms with van der Waals surface area (Å²) in [6, 6.07) is 4.53. The first-order chi connectivity index (χ1) is 9.45. The second-order valence-corrected chi connectivity index (χ2v) is 7.48. The molecule has 0 aliphatic carbocycles. The van der Waals surface area contributed by atoms with Crippen LogP contribution in [0.4, 0.5) is 13.2 Å².